The molecular formula is C23H23NO6S. The minimum absolute atomic E-state index is 0.0635. The molecule has 8 heteroatoms. The van der Waals surface area contributed by atoms with Gasteiger partial charge in [-0.05, 0) is 35.4 Å². The number of ether oxygens (including phenoxy) is 4. The number of nitrogens with one attached hydrogen (secondary N) is 1. The molecule has 2 N–H and O–H groups in total. The van der Waals surface area contributed by atoms with Crippen molar-refractivity contribution >= 4 is 22.9 Å². The standard InChI is InChI=1S/C23H23NO6S/c1-27-16-6-5-12(7-17(16)28-2)15-11-31-23-14(10-20(25)24-21(15)23)13-8-18(29-3)22(26)19(9-13)30-4/h5-9,11,14,26H,10H2,1-4H3,(H,24,25). The van der Waals surface area contributed by atoms with Gasteiger partial charge in [0.1, 0.15) is 0 Å². The van der Waals surface area contributed by atoms with Crippen LogP contribution in [0, 0.1) is 0 Å². The number of phenolic OH excluding ortho intramolecular Hbond substituents is 1. The maximum atomic E-state index is 12.6. The lowest BCUT2D eigenvalue weighted by Gasteiger charge is -2.25. The van der Waals surface area contributed by atoms with Crippen molar-refractivity contribution in [1.29, 1.82) is 0 Å². The molecule has 0 bridgehead atoms. The zero-order chi connectivity index (χ0) is 22.1. The lowest BCUT2D eigenvalue weighted by atomic mass is 9.88. The SMILES string of the molecule is COc1ccc(-c2csc3c2NC(=O)CC3c2cc(OC)c(O)c(OC)c2)cc1OC. The zero-order valence-corrected chi connectivity index (χ0v) is 18.5. The molecule has 1 unspecified atom stereocenters. The Morgan fingerprint density at radius 2 is 1.58 bits per heavy atom. The van der Waals surface area contributed by atoms with Gasteiger partial charge in [-0.3, -0.25) is 4.79 Å². The van der Waals surface area contributed by atoms with Gasteiger partial charge in [-0.15, -0.1) is 11.3 Å². The number of aromatic hydroxyl groups is 1. The first-order valence-electron chi connectivity index (χ1n) is 9.59. The third kappa shape index (κ3) is 3.63. The summed E-state index contributed by atoms with van der Waals surface area (Å²) in [4.78, 5) is 13.7. The van der Waals surface area contributed by atoms with E-state index < -0.39 is 0 Å². The number of carbonyl (C=O) groups excluding carboxylic acids is 1. The normalized spacial score (nSPS) is 15.1. The molecule has 1 atom stereocenters. The summed E-state index contributed by atoms with van der Waals surface area (Å²) in [6.45, 7) is 0. The minimum Gasteiger partial charge on any atom is -0.502 e. The lowest BCUT2D eigenvalue weighted by Crippen LogP contribution is -2.22. The summed E-state index contributed by atoms with van der Waals surface area (Å²) in [5.74, 6) is 1.53. The maximum Gasteiger partial charge on any atom is 0.225 e. The largest absolute Gasteiger partial charge is 0.502 e. The summed E-state index contributed by atoms with van der Waals surface area (Å²) < 4.78 is 21.4. The molecule has 1 amide bonds. The maximum absolute atomic E-state index is 12.6. The summed E-state index contributed by atoms with van der Waals surface area (Å²) in [5.41, 5.74) is 3.45. The Morgan fingerprint density at radius 3 is 2.19 bits per heavy atom. The Kier molecular flexibility index (Phi) is 5.65. The van der Waals surface area contributed by atoms with E-state index in [-0.39, 0.29) is 24.0 Å². The number of hydrogen-bond donors (Lipinski definition) is 2. The van der Waals surface area contributed by atoms with Crippen LogP contribution >= 0.6 is 11.3 Å². The number of hydrogen-bond acceptors (Lipinski definition) is 7. The number of anilines is 1. The fourth-order valence-corrected chi connectivity index (χ4v) is 4.99. The number of carbonyl (C=O) groups is 1. The molecule has 0 spiro atoms. The van der Waals surface area contributed by atoms with Crippen LogP contribution in [0.2, 0.25) is 0 Å². The zero-order valence-electron chi connectivity index (χ0n) is 17.6. The van der Waals surface area contributed by atoms with E-state index in [1.54, 1.807) is 37.7 Å². The van der Waals surface area contributed by atoms with E-state index in [0.717, 1.165) is 27.3 Å². The molecule has 4 rings (SSSR count). The van der Waals surface area contributed by atoms with Crippen molar-refractivity contribution in [1.82, 2.24) is 0 Å². The predicted octanol–water partition coefficient (Wildman–Crippen LogP) is 4.63. The number of thiophene rings is 1. The van der Waals surface area contributed by atoms with Crippen LogP contribution in [-0.4, -0.2) is 39.5 Å². The van der Waals surface area contributed by atoms with Gasteiger partial charge in [0.2, 0.25) is 11.7 Å². The summed E-state index contributed by atoms with van der Waals surface area (Å²) in [7, 11) is 6.15. The fourth-order valence-electron chi connectivity index (χ4n) is 3.83. The summed E-state index contributed by atoms with van der Waals surface area (Å²) in [5, 5.41) is 15.3. The average molecular weight is 442 g/mol. The molecule has 31 heavy (non-hydrogen) atoms. The van der Waals surface area contributed by atoms with Crippen LogP contribution in [0.4, 0.5) is 5.69 Å². The van der Waals surface area contributed by atoms with E-state index in [2.05, 4.69) is 5.32 Å². The Hall–Kier alpha value is -3.39. The van der Waals surface area contributed by atoms with Gasteiger partial charge in [0, 0.05) is 28.2 Å². The van der Waals surface area contributed by atoms with Crippen LogP contribution < -0.4 is 24.3 Å². The Balaban J connectivity index is 1.81. The predicted molar refractivity (Wildman–Crippen MR) is 119 cm³/mol. The van der Waals surface area contributed by atoms with E-state index in [4.69, 9.17) is 18.9 Å². The minimum atomic E-state index is -0.189. The van der Waals surface area contributed by atoms with Gasteiger partial charge in [-0.25, -0.2) is 0 Å². The smallest absolute Gasteiger partial charge is 0.225 e. The number of amides is 1. The third-order valence-electron chi connectivity index (χ3n) is 5.39. The molecule has 0 fully saturated rings. The number of phenols is 1. The highest BCUT2D eigenvalue weighted by Crippen LogP contribution is 2.49. The molecule has 1 aliphatic rings. The molecule has 1 aliphatic heterocycles. The van der Waals surface area contributed by atoms with Gasteiger partial charge in [0.25, 0.3) is 0 Å². The second kappa shape index (κ2) is 8.39. The van der Waals surface area contributed by atoms with Crippen molar-refractivity contribution in [3.05, 3.63) is 46.2 Å². The van der Waals surface area contributed by atoms with Crippen LogP contribution in [0.25, 0.3) is 11.1 Å². The third-order valence-corrected chi connectivity index (χ3v) is 6.49. The molecule has 162 valence electrons. The van der Waals surface area contributed by atoms with Crippen molar-refractivity contribution < 1.29 is 28.8 Å². The first-order chi connectivity index (χ1) is 15.0. The number of fused-ring (bicyclic) bond motifs is 1. The van der Waals surface area contributed by atoms with Crippen LogP contribution in [0.3, 0.4) is 0 Å². The van der Waals surface area contributed by atoms with E-state index in [0.29, 0.717) is 23.0 Å². The van der Waals surface area contributed by atoms with Crippen molar-refractivity contribution in [2.45, 2.75) is 12.3 Å². The summed E-state index contributed by atoms with van der Waals surface area (Å²) >= 11 is 1.58. The average Bonchev–Trinajstić information content (AvgIpc) is 3.21. The van der Waals surface area contributed by atoms with Crippen LogP contribution in [0.5, 0.6) is 28.7 Å². The van der Waals surface area contributed by atoms with E-state index in [1.165, 1.54) is 14.2 Å². The van der Waals surface area contributed by atoms with Crippen LogP contribution in [0.1, 0.15) is 22.8 Å². The van der Waals surface area contributed by atoms with E-state index in [1.807, 2.05) is 23.6 Å². The summed E-state index contributed by atoms with van der Waals surface area (Å²) in [6.07, 6.45) is 0.288. The van der Waals surface area contributed by atoms with Crippen molar-refractivity contribution in [2.75, 3.05) is 33.8 Å². The van der Waals surface area contributed by atoms with Crippen molar-refractivity contribution in [3.8, 4) is 39.9 Å². The van der Waals surface area contributed by atoms with Gasteiger partial charge in [0.15, 0.2) is 23.0 Å². The highest BCUT2D eigenvalue weighted by atomic mass is 32.1. The second-order valence-electron chi connectivity index (χ2n) is 7.04. The highest BCUT2D eigenvalue weighted by molar-refractivity contribution is 7.11. The highest BCUT2D eigenvalue weighted by Gasteiger charge is 2.32. The van der Waals surface area contributed by atoms with Gasteiger partial charge < -0.3 is 29.4 Å². The topological polar surface area (TPSA) is 86.3 Å². The van der Waals surface area contributed by atoms with Gasteiger partial charge in [-0.1, -0.05) is 6.07 Å². The fraction of sp³-hybridized carbons (Fsp3) is 0.261. The molecule has 3 aromatic rings. The van der Waals surface area contributed by atoms with Gasteiger partial charge in [0.05, 0.1) is 34.1 Å². The molecule has 2 aromatic carbocycles. The Bertz CT molecular complexity index is 1110. The van der Waals surface area contributed by atoms with Gasteiger partial charge >= 0.3 is 0 Å². The molecule has 7 nitrogen and oxygen atoms in total. The quantitative estimate of drug-likeness (QED) is 0.580. The first-order valence-corrected chi connectivity index (χ1v) is 10.5. The molecule has 0 aliphatic carbocycles. The molecule has 0 saturated heterocycles. The van der Waals surface area contributed by atoms with Gasteiger partial charge in [-0.2, -0.15) is 0 Å². The van der Waals surface area contributed by atoms with Crippen LogP contribution in [0.15, 0.2) is 35.7 Å². The molecule has 0 saturated carbocycles. The molecular weight excluding hydrogens is 418 g/mol. The lowest BCUT2D eigenvalue weighted by molar-refractivity contribution is -0.116. The number of rotatable bonds is 6. The molecule has 2 heterocycles. The van der Waals surface area contributed by atoms with Crippen LogP contribution in [-0.2, 0) is 4.79 Å². The number of benzene rings is 2. The monoisotopic (exact) mass is 441 g/mol. The van der Waals surface area contributed by atoms with Crippen molar-refractivity contribution in [2.24, 2.45) is 0 Å². The van der Waals surface area contributed by atoms with E-state index >= 15 is 0 Å². The molecule has 1 aromatic heterocycles. The second-order valence-corrected chi connectivity index (χ2v) is 7.95. The Labute approximate surface area is 184 Å². The van der Waals surface area contributed by atoms with Crippen molar-refractivity contribution in [3.63, 3.8) is 0 Å². The number of methoxy groups -OCH3 is 4. The van der Waals surface area contributed by atoms with E-state index in [9.17, 15) is 9.90 Å². The first kappa shape index (κ1) is 20.9. The summed E-state index contributed by atoms with van der Waals surface area (Å²) in [6, 6.07) is 9.17. The Morgan fingerprint density at radius 1 is 0.935 bits per heavy atom. The molecule has 0 radical (unpaired) electrons.